The number of fused-ring (bicyclic) bond motifs is 1. The SMILES string of the molecule is CCOCCNC(=O)c1cc(C(=O)OC)c(O)c2ncc(Cc3ccc(F)cc3)cc12. The molecule has 0 aliphatic heterocycles. The third-order valence-corrected chi connectivity index (χ3v) is 4.71. The van der Waals surface area contributed by atoms with Crippen LogP contribution in [-0.2, 0) is 15.9 Å². The number of amides is 1. The number of phenolic OH excluding ortho intramolecular Hbond substituents is 1. The molecule has 1 amide bonds. The van der Waals surface area contributed by atoms with Crippen LogP contribution in [0.5, 0.6) is 5.75 Å². The number of nitrogens with zero attached hydrogens (tertiary/aromatic N) is 1. The molecular weight excluding hydrogens is 403 g/mol. The molecule has 8 heteroatoms. The molecule has 3 rings (SSSR count). The molecule has 0 saturated heterocycles. The van der Waals surface area contributed by atoms with Gasteiger partial charge in [-0.25, -0.2) is 9.18 Å². The summed E-state index contributed by atoms with van der Waals surface area (Å²) in [7, 11) is 1.19. The molecular formula is C23H23FN2O5. The lowest BCUT2D eigenvalue weighted by Gasteiger charge is -2.13. The number of halogens is 1. The largest absolute Gasteiger partial charge is 0.505 e. The number of carbonyl (C=O) groups excluding carboxylic acids is 2. The molecule has 0 bridgehead atoms. The monoisotopic (exact) mass is 426 g/mol. The van der Waals surface area contributed by atoms with Gasteiger partial charge >= 0.3 is 5.97 Å². The van der Waals surface area contributed by atoms with E-state index in [0.29, 0.717) is 25.0 Å². The van der Waals surface area contributed by atoms with Gasteiger partial charge in [-0.2, -0.15) is 0 Å². The first-order valence-corrected chi connectivity index (χ1v) is 9.77. The molecule has 0 aliphatic rings. The first-order chi connectivity index (χ1) is 14.9. The van der Waals surface area contributed by atoms with Crippen molar-refractivity contribution in [2.24, 2.45) is 0 Å². The normalized spacial score (nSPS) is 10.8. The number of pyridine rings is 1. The van der Waals surface area contributed by atoms with Crippen LogP contribution < -0.4 is 5.32 Å². The molecule has 0 fully saturated rings. The van der Waals surface area contributed by atoms with Gasteiger partial charge in [0.05, 0.1) is 13.7 Å². The number of hydrogen-bond donors (Lipinski definition) is 2. The lowest BCUT2D eigenvalue weighted by molar-refractivity contribution is 0.0597. The standard InChI is InChI=1S/C23H23FN2O5/c1-3-31-9-8-25-22(28)18-12-19(23(29)30-2)21(27)20-17(18)11-15(13-26-20)10-14-4-6-16(24)7-5-14/h4-7,11-13,27H,3,8-10H2,1-2H3,(H,25,28). The van der Waals surface area contributed by atoms with Crippen molar-refractivity contribution < 1.29 is 28.6 Å². The maximum atomic E-state index is 13.2. The summed E-state index contributed by atoms with van der Waals surface area (Å²) in [5.74, 6) is -1.90. The molecule has 0 unspecified atom stereocenters. The highest BCUT2D eigenvalue weighted by atomic mass is 19.1. The number of ether oxygens (including phenoxy) is 2. The number of esters is 1. The van der Waals surface area contributed by atoms with E-state index in [9.17, 15) is 19.1 Å². The Balaban J connectivity index is 2.03. The van der Waals surface area contributed by atoms with Gasteiger partial charge in [0.2, 0.25) is 0 Å². The zero-order valence-electron chi connectivity index (χ0n) is 17.3. The fourth-order valence-corrected chi connectivity index (χ4v) is 3.18. The number of rotatable bonds is 8. The van der Waals surface area contributed by atoms with Crippen molar-refractivity contribution in [2.45, 2.75) is 13.3 Å². The van der Waals surface area contributed by atoms with E-state index in [1.54, 1.807) is 24.4 Å². The van der Waals surface area contributed by atoms with Gasteiger partial charge in [0.25, 0.3) is 5.91 Å². The molecule has 2 N–H and O–H groups in total. The summed E-state index contributed by atoms with van der Waals surface area (Å²) in [5, 5.41) is 13.7. The van der Waals surface area contributed by atoms with Crippen molar-refractivity contribution in [2.75, 3.05) is 26.9 Å². The summed E-state index contributed by atoms with van der Waals surface area (Å²) in [4.78, 5) is 29.2. The molecule has 0 aliphatic carbocycles. The van der Waals surface area contributed by atoms with Gasteiger partial charge in [0, 0.05) is 30.3 Å². The van der Waals surface area contributed by atoms with Gasteiger partial charge in [0.15, 0.2) is 5.75 Å². The van der Waals surface area contributed by atoms with E-state index in [1.165, 1.54) is 25.3 Å². The van der Waals surface area contributed by atoms with Crippen molar-refractivity contribution in [3.05, 3.63) is 70.7 Å². The molecule has 0 spiro atoms. The predicted octanol–water partition coefficient (Wildman–Crippen LogP) is 3.22. The third-order valence-electron chi connectivity index (χ3n) is 4.71. The first kappa shape index (κ1) is 22.2. The summed E-state index contributed by atoms with van der Waals surface area (Å²) in [6, 6.07) is 9.09. The van der Waals surface area contributed by atoms with Gasteiger partial charge in [-0.1, -0.05) is 12.1 Å². The van der Waals surface area contributed by atoms with E-state index < -0.39 is 11.9 Å². The molecule has 31 heavy (non-hydrogen) atoms. The van der Waals surface area contributed by atoms with Gasteiger partial charge in [-0.3, -0.25) is 9.78 Å². The summed E-state index contributed by atoms with van der Waals surface area (Å²) < 4.78 is 23.1. The highest BCUT2D eigenvalue weighted by Crippen LogP contribution is 2.32. The van der Waals surface area contributed by atoms with E-state index in [2.05, 4.69) is 10.3 Å². The molecule has 1 heterocycles. The van der Waals surface area contributed by atoms with Crippen LogP contribution in [-0.4, -0.2) is 48.8 Å². The molecule has 0 atom stereocenters. The summed E-state index contributed by atoms with van der Waals surface area (Å²) in [6.45, 7) is 3.01. The van der Waals surface area contributed by atoms with Crippen LogP contribution in [0.4, 0.5) is 4.39 Å². The Bertz CT molecular complexity index is 1100. The van der Waals surface area contributed by atoms with E-state index in [1.807, 2.05) is 6.92 Å². The average Bonchev–Trinajstić information content (AvgIpc) is 2.78. The fraction of sp³-hybridized carbons (Fsp3) is 0.261. The van der Waals surface area contributed by atoms with Crippen molar-refractivity contribution in [1.82, 2.24) is 10.3 Å². The van der Waals surface area contributed by atoms with E-state index in [4.69, 9.17) is 9.47 Å². The van der Waals surface area contributed by atoms with Crippen LogP contribution in [0.3, 0.4) is 0 Å². The zero-order chi connectivity index (χ0) is 22.4. The van der Waals surface area contributed by atoms with Crippen LogP contribution in [0.25, 0.3) is 10.9 Å². The number of carbonyl (C=O) groups is 2. The van der Waals surface area contributed by atoms with Gasteiger partial charge in [-0.05, 0) is 48.7 Å². The van der Waals surface area contributed by atoms with Crippen molar-refractivity contribution >= 4 is 22.8 Å². The van der Waals surface area contributed by atoms with E-state index in [-0.39, 0.29) is 34.8 Å². The number of benzene rings is 2. The maximum Gasteiger partial charge on any atom is 0.341 e. The minimum atomic E-state index is -0.778. The second-order valence-electron chi connectivity index (χ2n) is 6.81. The smallest absolute Gasteiger partial charge is 0.341 e. The molecule has 2 aromatic carbocycles. The van der Waals surface area contributed by atoms with E-state index >= 15 is 0 Å². The Hall–Kier alpha value is -3.52. The van der Waals surface area contributed by atoms with Crippen LogP contribution >= 0.6 is 0 Å². The number of phenols is 1. The number of nitrogens with one attached hydrogen (secondary N) is 1. The van der Waals surface area contributed by atoms with Crippen LogP contribution in [0.2, 0.25) is 0 Å². The van der Waals surface area contributed by atoms with Crippen LogP contribution in [0.15, 0.2) is 42.6 Å². The molecule has 0 radical (unpaired) electrons. The molecule has 7 nitrogen and oxygen atoms in total. The topological polar surface area (TPSA) is 97.8 Å². The lowest BCUT2D eigenvalue weighted by Crippen LogP contribution is -2.27. The van der Waals surface area contributed by atoms with E-state index in [0.717, 1.165) is 11.1 Å². The van der Waals surface area contributed by atoms with Crippen molar-refractivity contribution in [3.63, 3.8) is 0 Å². The number of methoxy groups -OCH3 is 1. The minimum absolute atomic E-state index is 0.112. The van der Waals surface area contributed by atoms with Gasteiger partial charge < -0.3 is 19.9 Å². The Kier molecular flexibility index (Phi) is 7.15. The fourth-order valence-electron chi connectivity index (χ4n) is 3.18. The minimum Gasteiger partial charge on any atom is -0.505 e. The molecule has 0 saturated carbocycles. The molecule has 3 aromatic rings. The number of aromatic nitrogens is 1. The second-order valence-corrected chi connectivity index (χ2v) is 6.81. The van der Waals surface area contributed by atoms with Crippen LogP contribution in [0.1, 0.15) is 38.8 Å². The maximum absolute atomic E-state index is 13.2. The summed E-state index contributed by atoms with van der Waals surface area (Å²) in [6.07, 6.45) is 2.00. The lowest BCUT2D eigenvalue weighted by atomic mass is 9.98. The zero-order valence-corrected chi connectivity index (χ0v) is 17.3. The Morgan fingerprint density at radius 1 is 1.13 bits per heavy atom. The second kappa shape index (κ2) is 9.99. The van der Waals surface area contributed by atoms with Crippen LogP contribution in [0, 0.1) is 5.82 Å². The Labute approximate surface area is 178 Å². The highest BCUT2D eigenvalue weighted by Gasteiger charge is 2.22. The Morgan fingerprint density at radius 3 is 2.55 bits per heavy atom. The molecule has 162 valence electrons. The van der Waals surface area contributed by atoms with Crippen molar-refractivity contribution in [1.29, 1.82) is 0 Å². The quantitative estimate of drug-likeness (QED) is 0.424. The average molecular weight is 426 g/mol. The Morgan fingerprint density at radius 2 is 1.87 bits per heavy atom. The predicted molar refractivity (Wildman–Crippen MR) is 113 cm³/mol. The number of aromatic hydroxyl groups is 1. The summed E-state index contributed by atoms with van der Waals surface area (Å²) in [5.41, 5.74) is 1.76. The first-order valence-electron chi connectivity index (χ1n) is 9.77. The molecule has 1 aromatic heterocycles. The van der Waals surface area contributed by atoms with Gasteiger partial charge in [0.1, 0.15) is 16.9 Å². The third kappa shape index (κ3) is 5.16. The van der Waals surface area contributed by atoms with Gasteiger partial charge in [-0.15, -0.1) is 0 Å². The highest BCUT2D eigenvalue weighted by molar-refractivity contribution is 6.11. The van der Waals surface area contributed by atoms with Crippen molar-refractivity contribution in [3.8, 4) is 5.75 Å². The summed E-state index contributed by atoms with van der Waals surface area (Å²) >= 11 is 0. The number of hydrogen-bond acceptors (Lipinski definition) is 6.